The predicted octanol–water partition coefficient (Wildman–Crippen LogP) is 0.796. The van der Waals surface area contributed by atoms with Crippen LogP contribution in [0.25, 0.3) is 0 Å². The number of sulfonamides is 1. The number of hydrogen-bond acceptors (Lipinski definition) is 5. The zero-order valence-corrected chi connectivity index (χ0v) is 15.6. The van der Waals surface area contributed by atoms with E-state index in [1.54, 1.807) is 31.2 Å². The van der Waals surface area contributed by atoms with Gasteiger partial charge in [0.05, 0.1) is 17.1 Å². The Morgan fingerprint density at radius 3 is 2.59 bits per heavy atom. The van der Waals surface area contributed by atoms with E-state index < -0.39 is 22.0 Å². The monoisotopic (exact) mass is 389 g/mol. The highest BCUT2D eigenvalue weighted by molar-refractivity contribution is 7.89. The van der Waals surface area contributed by atoms with Crippen LogP contribution in [0.5, 0.6) is 5.75 Å². The molecule has 0 fully saturated rings. The zero-order chi connectivity index (χ0) is 19.8. The number of carbonyl (C=O) groups excluding carboxylic acids is 2. The van der Waals surface area contributed by atoms with Crippen molar-refractivity contribution in [3.63, 3.8) is 0 Å². The Labute approximate surface area is 157 Å². The number of primary sulfonamides is 1. The first-order chi connectivity index (χ1) is 12.7. The Morgan fingerprint density at radius 2 is 1.93 bits per heavy atom. The van der Waals surface area contributed by atoms with Crippen molar-refractivity contribution in [3.8, 4) is 5.75 Å². The van der Waals surface area contributed by atoms with Crippen molar-refractivity contribution in [1.29, 1.82) is 0 Å². The smallest absolute Gasteiger partial charge is 0.262 e. The van der Waals surface area contributed by atoms with Gasteiger partial charge in [-0.3, -0.25) is 9.59 Å². The van der Waals surface area contributed by atoms with E-state index in [1.165, 1.54) is 30.1 Å². The standard InChI is InChI=1S/C18H19N3O5S/c1-11-7-8-12(9-16(11)27(19,24)25)18(23)21-10-15(17(22)20-2)26-14-6-4-3-5-13(14)21/h3-9,15H,10H2,1-2H3,(H,20,22)(H2,19,24,25)/t15-/m0/s1. The molecule has 0 aromatic heterocycles. The molecule has 0 radical (unpaired) electrons. The number of nitrogens with zero attached hydrogens (tertiary/aromatic N) is 1. The number of nitrogens with one attached hydrogen (secondary N) is 1. The summed E-state index contributed by atoms with van der Waals surface area (Å²) in [6, 6.07) is 11.1. The number of rotatable bonds is 3. The molecule has 0 unspecified atom stereocenters. The molecule has 3 N–H and O–H groups in total. The molecule has 1 aliphatic heterocycles. The Morgan fingerprint density at radius 1 is 1.22 bits per heavy atom. The van der Waals surface area contributed by atoms with Crippen LogP contribution in [0.2, 0.25) is 0 Å². The van der Waals surface area contributed by atoms with E-state index in [1.807, 2.05) is 0 Å². The van der Waals surface area contributed by atoms with Gasteiger partial charge in [-0.15, -0.1) is 0 Å². The largest absolute Gasteiger partial charge is 0.477 e. The van der Waals surface area contributed by atoms with E-state index in [0.717, 1.165) is 0 Å². The normalized spacial score (nSPS) is 16.3. The van der Waals surface area contributed by atoms with Gasteiger partial charge in [-0.2, -0.15) is 0 Å². The van der Waals surface area contributed by atoms with E-state index in [2.05, 4.69) is 5.32 Å². The minimum Gasteiger partial charge on any atom is -0.477 e. The van der Waals surface area contributed by atoms with Gasteiger partial charge < -0.3 is 15.0 Å². The van der Waals surface area contributed by atoms with E-state index in [0.29, 0.717) is 17.0 Å². The number of likely N-dealkylation sites (N-methyl/N-ethyl adjacent to an activating group) is 1. The SMILES string of the molecule is CNC(=O)[C@@H]1CN(C(=O)c2ccc(C)c(S(N)(=O)=O)c2)c2ccccc2O1. The van der Waals surface area contributed by atoms with Gasteiger partial charge in [0.2, 0.25) is 10.0 Å². The molecule has 0 saturated carbocycles. The molecule has 0 saturated heterocycles. The van der Waals surface area contributed by atoms with Crippen molar-refractivity contribution in [1.82, 2.24) is 5.32 Å². The number of fused-ring (bicyclic) bond motifs is 1. The Bertz CT molecular complexity index is 1020. The van der Waals surface area contributed by atoms with E-state index in [9.17, 15) is 18.0 Å². The minimum atomic E-state index is -3.97. The van der Waals surface area contributed by atoms with Gasteiger partial charge in [-0.25, -0.2) is 13.6 Å². The molecule has 8 nitrogen and oxygen atoms in total. The molecule has 3 rings (SSSR count). The summed E-state index contributed by atoms with van der Waals surface area (Å²) in [6.07, 6.45) is -0.878. The van der Waals surface area contributed by atoms with Crippen LogP contribution in [0, 0.1) is 6.92 Å². The lowest BCUT2D eigenvalue weighted by atomic mass is 10.1. The minimum absolute atomic E-state index is 0.00585. The fourth-order valence-corrected chi connectivity index (χ4v) is 3.73. The van der Waals surface area contributed by atoms with Crippen molar-refractivity contribution in [2.75, 3.05) is 18.5 Å². The van der Waals surface area contributed by atoms with Crippen LogP contribution >= 0.6 is 0 Å². The van der Waals surface area contributed by atoms with Crippen LogP contribution in [0.3, 0.4) is 0 Å². The second kappa shape index (κ2) is 7.01. The van der Waals surface area contributed by atoms with Gasteiger partial charge in [0, 0.05) is 12.6 Å². The fourth-order valence-electron chi connectivity index (χ4n) is 2.92. The maximum atomic E-state index is 13.1. The van der Waals surface area contributed by atoms with Gasteiger partial charge in [-0.05, 0) is 36.8 Å². The second-order valence-corrected chi connectivity index (χ2v) is 7.66. The molecule has 9 heteroatoms. The number of aryl methyl sites for hydroxylation is 1. The lowest BCUT2D eigenvalue weighted by Crippen LogP contribution is -2.50. The maximum Gasteiger partial charge on any atom is 0.262 e. The van der Waals surface area contributed by atoms with Gasteiger partial charge in [0.15, 0.2) is 6.10 Å². The number of benzene rings is 2. The zero-order valence-electron chi connectivity index (χ0n) is 14.8. The van der Waals surface area contributed by atoms with E-state index >= 15 is 0 Å². The summed E-state index contributed by atoms with van der Waals surface area (Å²) in [5.41, 5.74) is 1.09. The Kier molecular flexibility index (Phi) is 4.90. The first-order valence-electron chi connectivity index (χ1n) is 8.15. The van der Waals surface area contributed by atoms with Gasteiger partial charge in [0.25, 0.3) is 11.8 Å². The quantitative estimate of drug-likeness (QED) is 0.805. The summed E-state index contributed by atoms with van der Waals surface area (Å²) in [4.78, 5) is 26.4. The van der Waals surface area contributed by atoms with Gasteiger partial charge >= 0.3 is 0 Å². The second-order valence-electron chi connectivity index (χ2n) is 6.13. The van der Waals surface area contributed by atoms with Crippen LogP contribution in [-0.2, 0) is 14.8 Å². The molecular weight excluding hydrogens is 370 g/mol. The first-order valence-corrected chi connectivity index (χ1v) is 9.69. The first kappa shape index (κ1) is 18.9. The van der Waals surface area contributed by atoms with Crippen molar-refractivity contribution in [2.24, 2.45) is 5.14 Å². The molecule has 1 aliphatic rings. The maximum absolute atomic E-state index is 13.1. The summed E-state index contributed by atoms with van der Waals surface area (Å²) in [6.45, 7) is 1.59. The molecule has 0 aliphatic carbocycles. The average molecular weight is 389 g/mol. The topological polar surface area (TPSA) is 119 Å². The lowest BCUT2D eigenvalue weighted by molar-refractivity contribution is -0.127. The third-order valence-corrected chi connectivity index (χ3v) is 5.35. The molecule has 2 aromatic carbocycles. The molecule has 0 spiro atoms. The predicted molar refractivity (Wildman–Crippen MR) is 99.2 cm³/mol. The van der Waals surface area contributed by atoms with E-state index in [-0.39, 0.29) is 22.9 Å². The third kappa shape index (κ3) is 3.64. The van der Waals surface area contributed by atoms with Crippen LogP contribution in [0.15, 0.2) is 47.4 Å². The summed E-state index contributed by atoms with van der Waals surface area (Å²) in [7, 11) is -2.49. The summed E-state index contributed by atoms with van der Waals surface area (Å²) < 4.78 is 29.2. The highest BCUT2D eigenvalue weighted by atomic mass is 32.2. The van der Waals surface area contributed by atoms with Crippen molar-refractivity contribution < 1.29 is 22.7 Å². The Hall–Kier alpha value is -2.91. The average Bonchev–Trinajstić information content (AvgIpc) is 2.65. The molecular formula is C18H19N3O5S. The van der Waals surface area contributed by atoms with Crippen LogP contribution in [0.4, 0.5) is 5.69 Å². The highest BCUT2D eigenvalue weighted by Crippen LogP contribution is 2.34. The lowest BCUT2D eigenvalue weighted by Gasteiger charge is -2.34. The molecule has 0 bridgehead atoms. The number of hydrogen-bond donors (Lipinski definition) is 2. The van der Waals surface area contributed by atoms with Crippen LogP contribution in [0.1, 0.15) is 15.9 Å². The fraction of sp³-hybridized carbons (Fsp3) is 0.222. The molecule has 2 aromatic rings. The summed E-state index contributed by atoms with van der Waals surface area (Å²) in [5.74, 6) is -0.425. The molecule has 142 valence electrons. The Balaban J connectivity index is 2.04. The molecule has 1 heterocycles. The summed E-state index contributed by atoms with van der Waals surface area (Å²) >= 11 is 0. The molecule has 2 amide bonds. The van der Waals surface area contributed by atoms with Gasteiger partial charge in [-0.1, -0.05) is 18.2 Å². The number of amides is 2. The molecule has 1 atom stereocenters. The van der Waals surface area contributed by atoms with Crippen LogP contribution < -0.4 is 20.1 Å². The number of carbonyl (C=O) groups is 2. The number of para-hydroxylation sites is 2. The number of nitrogens with two attached hydrogens (primary N) is 1. The van der Waals surface area contributed by atoms with Crippen molar-refractivity contribution in [3.05, 3.63) is 53.6 Å². The van der Waals surface area contributed by atoms with Crippen molar-refractivity contribution >= 4 is 27.5 Å². The van der Waals surface area contributed by atoms with Crippen LogP contribution in [-0.4, -0.2) is 39.9 Å². The van der Waals surface area contributed by atoms with Gasteiger partial charge in [0.1, 0.15) is 5.75 Å². The third-order valence-electron chi connectivity index (χ3n) is 4.30. The number of ether oxygens (including phenoxy) is 1. The molecule has 27 heavy (non-hydrogen) atoms. The van der Waals surface area contributed by atoms with E-state index in [4.69, 9.17) is 9.88 Å². The van der Waals surface area contributed by atoms with Crippen molar-refractivity contribution in [2.45, 2.75) is 17.9 Å². The highest BCUT2D eigenvalue weighted by Gasteiger charge is 2.34. The number of anilines is 1. The summed E-state index contributed by atoms with van der Waals surface area (Å²) in [5, 5.41) is 7.74.